The average Bonchev–Trinajstić information content (AvgIpc) is 3.42. The van der Waals surface area contributed by atoms with Crippen molar-refractivity contribution in [2.24, 2.45) is 12.1 Å². The average molecular weight is 701 g/mol. The van der Waals surface area contributed by atoms with Gasteiger partial charge in [-0.05, 0) is 44.2 Å². The van der Waals surface area contributed by atoms with Crippen molar-refractivity contribution in [1.82, 2.24) is 9.78 Å². The molecule has 0 saturated carbocycles. The third-order valence-electron chi connectivity index (χ3n) is 5.24. The smallest absolute Gasteiger partial charge is 0.744 e. The maximum absolute atomic E-state index is 13.3. The predicted molar refractivity (Wildman–Crippen MR) is 142 cm³/mol. The van der Waals surface area contributed by atoms with E-state index in [0.717, 1.165) is 22.9 Å². The molecule has 2 heterocycles. The van der Waals surface area contributed by atoms with Gasteiger partial charge in [0.1, 0.15) is 10.1 Å². The minimum Gasteiger partial charge on any atom is -0.744 e. The second-order valence-electron chi connectivity index (χ2n) is 7.90. The van der Waals surface area contributed by atoms with Gasteiger partial charge >= 0.3 is 115 Å². The van der Waals surface area contributed by atoms with E-state index in [-0.39, 0.29) is 138 Å². The number of aromatic nitrogens is 2. The summed E-state index contributed by atoms with van der Waals surface area (Å²) in [6, 6.07) is 2.99. The van der Waals surface area contributed by atoms with Crippen LogP contribution < -0.4 is 119 Å². The van der Waals surface area contributed by atoms with Gasteiger partial charge in [0.15, 0.2) is 11.4 Å². The van der Waals surface area contributed by atoms with Crippen LogP contribution >= 0.6 is 12.0 Å². The van der Waals surface area contributed by atoms with E-state index in [1.165, 1.54) is 44.4 Å². The molecule has 1 aromatic carbocycles. The number of allylic oxidation sites excluding steroid dienone is 4. The van der Waals surface area contributed by atoms with Crippen molar-refractivity contribution < 1.29 is 154 Å². The Morgan fingerprint density at radius 1 is 1.07 bits per heavy atom. The molecular formula is C24H22K2N4O12S2. The van der Waals surface area contributed by atoms with Crippen molar-refractivity contribution >= 4 is 57.5 Å². The fraction of sp³-hybridized carbons (Fsp3) is 0.208. The molecule has 1 aliphatic heterocycles. The van der Waals surface area contributed by atoms with Gasteiger partial charge in [0, 0.05) is 11.9 Å². The molecule has 20 heteroatoms. The first-order valence-electron chi connectivity index (χ1n) is 11.8. The van der Waals surface area contributed by atoms with E-state index < -0.39 is 49.8 Å². The Morgan fingerprint density at radius 3 is 2.34 bits per heavy atom. The number of carbonyl (C=O) groups excluding carboxylic acids is 3. The van der Waals surface area contributed by atoms with E-state index in [0.29, 0.717) is 17.1 Å². The molecule has 44 heavy (non-hydrogen) atoms. The first-order valence-corrected chi connectivity index (χ1v) is 13.9. The zero-order valence-corrected chi connectivity index (χ0v) is 32.0. The number of hydrogen-bond acceptors (Lipinski definition) is 14. The number of hydrogen-bond donors (Lipinski definition) is 1. The van der Waals surface area contributed by atoms with E-state index in [2.05, 4.69) is 19.6 Å². The van der Waals surface area contributed by atoms with E-state index >= 15 is 0 Å². The van der Waals surface area contributed by atoms with Gasteiger partial charge in [0.05, 0.1) is 47.0 Å². The van der Waals surface area contributed by atoms with Crippen molar-refractivity contribution in [3.8, 4) is 0 Å². The van der Waals surface area contributed by atoms with Gasteiger partial charge in [-0.2, -0.15) is 14.4 Å². The van der Waals surface area contributed by atoms with Crippen molar-refractivity contribution in [2.75, 3.05) is 18.2 Å². The normalized spacial score (nSPS) is 14.1. The molecule has 16 nitrogen and oxygen atoms in total. The summed E-state index contributed by atoms with van der Waals surface area (Å²) < 4.78 is 50.9. The number of aromatic amines is 1. The van der Waals surface area contributed by atoms with Crippen molar-refractivity contribution in [1.29, 1.82) is 0 Å². The van der Waals surface area contributed by atoms with E-state index in [1.807, 2.05) is 0 Å². The standard InChI is InChI=1S/C24H24N4O12S2.2K/c1-4-37-23(31)19-15(21(29)27(3)25-19)9-7-6-8-10-16-20(24(32)38-5-2)26-28(22(16)30)17-13-14(41-40-39-33)11-12-18(17)42(34,35)36;;/h6-13,25,33H,4-5H2,1-3H3,(H,34,35,36);;/q;2*+1/p-2/b8-6?,9-7?,16-10-;;. The van der Waals surface area contributed by atoms with Gasteiger partial charge in [-0.3, -0.25) is 24.4 Å². The van der Waals surface area contributed by atoms with Crippen LogP contribution in [0.2, 0.25) is 0 Å². The van der Waals surface area contributed by atoms with Crippen LogP contribution in [0.1, 0.15) is 29.9 Å². The molecular weight excluding hydrogens is 679 g/mol. The van der Waals surface area contributed by atoms with Crippen LogP contribution in [0.15, 0.2) is 67.8 Å². The number of nitrogens with one attached hydrogen (secondary N) is 1. The number of aryl methyl sites for hydroxylation is 1. The summed E-state index contributed by atoms with van der Waals surface area (Å²) in [6.45, 7) is 3.14. The fourth-order valence-electron chi connectivity index (χ4n) is 3.51. The van der Waals surface area contributed by atoms with Crippen LogP contribution in [0, 0.1) is 0 Å². The maximum atomic E-state index is 13.3. The molecule has 0 fully saturated rings. The molecule has 0 radical (unpaired) electrons. The summed E-state index contributed by atoms with van der Waals surface area (Å²) in [5.41, 5.74) is -1.90. The summed E-state index contributed by atoms with van der Waals surface area (Å²) in [7, 11) is -3.73. The summed E-state index contributed by atoms with van der Waals surface area (Å²) in [5, 5.41) is 20.4. The van der Waals surface area contributed by atoms with E-state index in [9.17, 15) is 37.4 Å². The number of esters is 2. The number of hydrazone groups is 1. The van der Waals surface area contributed by atoms with E-state index in [4.69, 9.17) is 9.47 Å². The number of ether oxygens (including phenoxy) is 2. The maximum Gasteiger partial charge on any atom is 1.00 e. The Bertz CT molecular complexity index is 1680. The fourth-order valence-corrected chi connectivity index (χ4v) is 4.53. The van der Waals surface area contributed by atoms with Gasteiger partial charge < -0.3 is 19.3 Å². The summed E-state index contributed by atoms with van der Waals surface area (Å²) in [6.07, 6.45) is 6.55. The number of rotatable bonds is 12. The third-order valence-corrected chi connectivity index (χ3v) is 6.70. The number of nitrogens with zero attached hydrogens (tertiary/aromatic N) is 3. The van der Waals surface area contributed by atoms with Crippen LogP contribution in [0.4, 0.5) is 5.69 Å². The van der Waals surface area contributed by atoms with E-state index in [1.54, 1.807) is 6.92 Å². The molecule has 1 aliphatic rings. The molecule has 3 rings (SSSR count). The number of H-pyrrole nitrogens is 1. The number of carbonyl (C=O) groups is 3. The Labute approximate surface area is 340 Å². The first-order chi connectivity index (χ1) is 19.9. The molecule has 2 aromatic rings. The van der Waals surface area contributed by atoms with Gasteiger partial charge in [-0.15, -0.1) is 0 Å². The van der Waals surface area contributed by atoms with Gasteiger partial charge in [-0.1, -0.05) is 18.2 Å². The quantitative estimate of drug-likeness (QED) is 0.0320. The van der Waals surface area contributed by atoms with Crippen LogP contribution in [-0.2, 0) is 45.6 Å². The molecule has 0 spiro atoms. The van der Waals surface area contributed by atoms with Crippen molar-refractivity contribution in [2.45, 2.75) is 23.6 Å². The Balaban J connectivity index is 0.00000484. The van der Waals surface area contributed by atoms with Gasteiger partial charge in [0.2, 0.25) is 0 Å². The topological polar surface area (TPSA) is 222 Å². The summed E-state index contributed by atoms with van der Waals surface area (Å²) in [4.78, 5) is 49.6. The van der Waals surface area contributed by atoms with Crippen molar-refractivity contribution in [3.05, 3.63) is 69.7 Å². The molecule has 1 N–H and O–H groups in total. The molecule has 0 atom stereocenters. The van der Waals surface area contributed by atoms with Crippen LogP contribution in [0.5, 0.6) is 0 Å². The predicted octanol–water partition coefficient (Wildman–Crippen LogP) is -5.51. The van der Waals surface area contributed by atoms with Gasteiger partial charge in [0.25, 0.3) is 11.5 Å². The molecule has 0 saturated heterocycles. The molecule has 0 bridgehead atoms. The second kappa shape index (κ2) is 18.9. The van der Waals surface area contributed by atoms with Crippen LogP contribution in [-0.4, -0.2) is 59.5 Å². The minimum atomic E-state index is -5.14. The third kappa shape index (κ3) is 10.2. The van der Waals surface area contributed by atoms with Crippen LogP contribution in [0.25, 0.3) is 6.08 Å². The largest absolute Gasteiger partial charge is 1.00 e. The molecule has 224 valence electrons. The molecule has 1 aromatic heterocycles. The second-order valence-corrected chi connectivity index (χ2v) is 10.0. The monoisotopic (exact) mass is 700 g/mol. The van der Waals surface area contributed by atoms with Gasteiger partial charge in [-0.25, -0.2) is 18.0 Å². The number of amides is 1. The summed E-state index contributed by atoms with van der Waals surface area (Å²) in [5.74, 6) is -2.75. The SMILES string of the molecule is CCOC(=O)C1=NN(c2cc(SOO[O-])ccc2S(=O)(=O)[O-])C(=O)/C1=C\C=CC=Cc1c(C(=O)OCC)[nH]n(C)c1=O.[K+].[K+]. The Kier molecular flexibility index (Phi) is 17.6. The summed E-state index contributed by atoms with van der Waals surface area (Å²) >= 11 is 0.357. The Hall–Kier alpha value is -1.06. The zero-order valence-electron chi connectivity index (χ0n) is 24.1. The molecule has 0 aliphatic carbocycles. The molecule has 1 amide bonds. The number of anilines is 1. The van der Waals surface area contributed by atoms with Crippen LogP contribution in [0.3, 0.4) is 0 Å². The first kappa shape index (κ1) is 41.0. The van der Waals surface area contributed by atoms with Crippen molar-refractivity contribution in [3.63, 3.8) is 0 Å². The minimum absolute atomic E-state index is 0. The number of benzene rings is 1. The zero-order chi connectivity index (χ0) is 31.0. The molecule has 0 unspecified atom stereocenters. The Morgan fingerprint density at radius 2 is 1.73 bits per heavy atom.